The zero-order chi connectivity index (χ0) is 18.6. The molecule has 1 aromatic carbocycles. The number of thiazole rings is 1. The molecule has 2 aromatic rings. The van der Waals surface area contributed by atoms with Crippen LogP contribution in [0.3, 0.4) is 0 Å². The standard InChI is InChI=1S/C16H17ClN4O3S2/c17-15-13(25-16(20-15)19-12-4-2-1-3-5-12)9-18-21-14(22)8-11-6-7-26(23,24)10-11/h1-5,9,11H,6-8,10H2,(H,19,20)(H,21,22)/b18-9+/t11-/m1/s1. The van der Waals surface area contributed by atoms with Crippen LogP contribution in [-0.2, 0) is 14.6 Å². The zero-order valence-corrected chi connectivity index (χ0v) is 16.1. The van der Waals surface area contributed by atoms with Crippen LogP contribution in [0.4, 0.5) is 10.8 Å². The molecule has 0 unspecified atom stereocenters. The first-order valence-corrected chi connectivity index (χ1v) is 10.9. The molecule has 1 aromatic heterocycles. The second-order valence-electron chi connectivity index (χ2n) is 5.93. The molecule has 1 aliphatic heterocycles. The average molecular weight is 413 g/mol. The Morgan fingerprint density at radius 2 is 2.15 bits per heavy atom. The minimum absolute atomic E-state index is 0.0688. The van der Waals surface area contributed by atoms with Gasteiger partial charge in [0, 0.05) is 12.1 Å². The normalized spacial score (nSPS) is 18.9. The molecular weight excluding hydrogens is 396 g/mol. The largest absolute Gasteiger partial charge is 0.331 e. The van der Waals surface area contributed by atoms with Crippen LogP contribution in [0, 0.1) is 5.92 Å². The van der Waals surface area contributed by atoms with Gasteiger partial charge >= 0.3 is 0 Å². The van der Waals surface area contributed by atoms with Crippen molar-refractivity contribution in [1.82, 2.24) is 10.4 Å². The number of halogens is 1. The summed E-state index contributed by atoms with van der Waals surface area (Å²) in [5.74, 6) is -0.225. The molecule has 10 heteroatoms. The van der Waals surface area contributed by atoms with Crippen molar-refractivity contribution in [2.45, 2.75) is 12.8 Å². The predicted octanol–water partition coefficient (Wildman–Crippen LogP) is 2.82. The number of carbonyl (C=O) groups excluding carboxylic acids is 1. The Kier molecular flexibility index (Phi) is 5.90. The maximum Gasteiger partial charge on any atom is 0.240 e. The van der Waals surface area contributed by atoms with Crippen molar-refractivity contribution in [3.05, 3.63) is 40.4 Å². The topological polar surface area (TPSA) is 101 Å². The second kappa shape index (κ2) is 8.15. The highest BCUT2D eigenvalue weighted by Gasteiger charge is 2.29. The van der Waals surface area contributed by atoms with Gasteiger partial charge in [0.15, 0.2) is 20.1 Å². The van der Waals surface area contributed by atoms with Crippen LogP contribution in [0.25, 0.3) is 0 Å². The monoisotopic (exact) mass is 412 g/mol. The fourth-order valence-corrected chi connectivity index (χ4v) is 5.51. The van der Waals surface area contributed by atoms with Gasteiger partial charge in [0.25, 0.3) is 0 Å². The number of sulfone groups is 1. The Bertz CT molecular complexity index is 913. The molecule has 2 N–H and O–H groups in total. The molecule has 26 heavy (non-hydrogen) atoms. The molecule has 2 heterocycles. The van der Waals surface area contributed by atoms with Gasteiger partial charge in [-0.15, -0.1) is 0 Å². The highest BCUT2D eigenvalue weighted by Crippen LogP contribution is 2.27. The SMILES string of the molecule is O=C(C[C@H]1CCS(=O)(=O)C1)N/N=C/c1sc(Nc2ccccc2)nc1Cl. The quantitative estimate of drug-likeness (QED) is 0.561. The molecular formula is C16H17ClN4O3S2. The van der Waals surface area contributed by atoms with E-state index in [0.717, 1.165) is 5.69 Å². The van der Waals surface area contributed by atoms with Crippen molar-refractivity contribution in [2.24, 2.45) is 11.0 Å². The number of carbonyl (C=O) groups is 1. The van der Waals surface area contributed by atoms with Crippen molar-refractivity contribution in [1.29, 1.82) is 0 Å². The van der Waals surface area contributed by atoms with E-state index in [2.05, 4.69) is 20.8 Å². The van der Waals surface area contributed by atoms with Gasteiger partial charge < -0.3 is 5.32 Å². The van der Waals surface area contributed by atoms with Crippen molar-refractivity contribution in [2.75, 3.05) is 16.8 Å². The summed E-state index contributed by atoms with van der Waals surface area (Å²) in [5, 5.41) is 7.92. The maximum atomic E-state index is 11.9. The van der Waals surface area contributed by atoms with E-state index in [1.165, 1.54) is 17.6 Å². The number of nitrogens with one attached hydrogen (secondary N) is 2. The van der Waals surface area contributed by atoms with Crippen LogP contribution in [0.15, 0.2) is 35.4 Å². The lowest BCUT2D eigenvalue weighted by Crippen LogP contribution is -2.21. The summed E-state index contributed by atoms with van der Waals surface area (Å²) in [4.78, 5) is 16.7. The highest BCUT2D eigenvalue weighted by molar-refractivity contribution is 7.91. The number of hydrazone groups is 1. The molecule has 0 spiro atoms. The number of aromatic nitrogens is 1. The lowest BCUT2D eigenvalue weighted by Gasteiger charge is -2.04. The van der Waals surface area contributed by atoms with E-state index < -0.39 is 9.84 Å². The number of para-hydroxylation sites is 1. The molecule has 3 rings (SSSR count). The van der Waals surface area contributed by atoms with Crippen LogP contribution >= 0.6 is 22.9 Å². The Balaban J connectivity index is 1.53. The first kappa shape index (κ1) is 18.8. The van der Waals surface area contributed by atoms with E-state index in [1.54, 1.807) is 0 Å². The van der Waals surface area contributed by atoms with E-state index in [-0.39, 0.29) is 34.9 Å². The molecule has 0 radical (unpaired) electrons. The van der Waals surface area contributed by atoms with Crippen LogP contribution in [0.5, 0.6) is 0 Å². The molecule has 0 saturated carbocycles. The first-order chi connectivity index (χ1) is 12.4. The van der Waals surface area contributed by atoms with Gasteiger partial charge in [-0.2, -0.15) is 5.10 Å². The zero-order valence-electron chi connectivity index (χ0n) is 13.7. The predicted molar refractivity (Wildman–Crippen MR) is 104 cm³/mol. The lowest BCUT2D eigenvalue weighted by atomic mass is 10.1. The third kappa shape index (κ3) is 5.26. The second-order valence-corrected chi connectivity index (χ2v) is 9.55. The number of hydrogen-bond donors (Lipinski definition) is 2. The fraction of sp³-hybridized carbons (Fsp3) is 0.312. The summed E-state index contributed by atoms with van der Waals surface area (Å²) in [6, 6.07) is 9.55. The average Bonchev–Trinajstić information content (AvgIpc) is 3.10. The van der Waals surface area contributed by atoms with Gasteiger partial charge in [0.05, 0.1) is 22.6 Å². The van der Waals surface area contributed by atoms with Crippen molar-refractivity contribution < 1.29 is 13.2 Å². The Labute approximate surface area is 160 Å². The van der Waals surface area contributed by atoms with E-state index in [1.807, 2.05) is 30.3 Å². The van der Waals surface area contributed by atoms with Gasteiger partial charge in [-0.05, 0) is 24.5 Å². The molecule has 1 fully saturated rings. The number of hydrogen-bond acceptors (Lipinski definition) is 7. The maximum absolute atomic E-state index is 11.9. The molecule has 1 amide bonds. The molecule has 1 aliphatic rings. The van der Waals surface area contributed by atoms with Crippen molar-refractivity contribution in [3.63, 3.8) is 0 Å². The van der Waals surface area contributed by atoms with Crippen LogP contribution in [0.2, 0.25) is 5.15 Å². The molecule has 7 nitrogen and oxygen atoms in total. The minimum atomic E-state index is -2.98. The third-order valence-electron chi connectivity index (χ3n) is 3.81. The van der Waals surface area contributed by atoms with Gasteiger partial charge in [0.2, 0.25) is 5.91 Å². The highest BCUT2D eigenvalue weighted by atomic mass is 35.5. The van der Waals surface area contributed by atoms with Crippen LogP contribution < -0.4 is 10.7 Å². The summed E-state index contributed by atoms with van der Waals surface area (Å²) in [6.45, 7) is 0. The summed E-state index contributed by atoms with van der Waals surface area (Å²) in [6.07, 6.45) is 2.10. The molecule has 1 saturated heterocycles. The molecule has 1 atom stereocenters. The Morgan fingerprint density at radius 1 is 1.38 bits per heavy atom. The minimum Gasteiger partial charge on any atom is -0.331 e. The Morgan fingerprint density at radius 3 is 2.85 bits per heavy atom. The molecule has 0 aliphatic carbocycles. The van der Waals surface area contributed by atoms with Gasteiger partial charge in [-0.25, -0.2) is 18.8 Å². The summed E-state index contributed by atoms with van der Waals surface area (Å²) >= 11 is 7.39. The van der Waals surface area contributed by atoms with E-state index in [4.69, 9.17) is 11.6 Å². The van der Waals surface area contributed by atoms with Gasteiger partial charge in [0.1, 0.15) is 0 Å². The number of benzene rings is 1. The smallest absolute Gasteiger partial charge is 0.240 e. The van der Waals surface area contributed by atoms with Gasteiger partial charge in [-0.3, -0.25) is 4.79 Å². The number of rotatable bonds is 6. The van der Waals surface area contributed by atoms with Crippen molar-refractivity contribution >= 4 is 55.7 Å². The third-order valence-corrected chi connectivity index (χ3v) is 6.95. The summed E-state index contributed by atoms with van der Waals surface area (Å²) in [5.41, 5.74) is 3.30. The van der Waals surface area contributed by atoms with Gasteiger partial charge in [-0.1, -0.05) is 41.1 Å². The van der Waals surface area contributed by atoms with E-state index in [0.29, 0.717) is 16.4 Å². The van der Waals surface area contributed by atoms with E-state index in [9.17, 15) is 13.2 Å². The fourth-order valence-electron chi connectivity index (χ4n) is 2.60. The van der Waals surface area contributed by atoms with Crippen LogP contribution in [0.1, 0.15) is 17.7 Å². The summed E-state index contributed by atoms with van der Waals surface area (Å²) in [7, 11) is -2.98. The number of nitrogens with zero attached hydrogens (tertiary/aromatic N) is 2. The number of amides is 1. The lowest BCUT2D eigenvalue weighted by molar-refractivity contribution is -0.121. The molecule has 0 bridgehead atoms. The number of anilines is 2. The van der Waals surface area contributed by atoms with Crippen molar-refractivity contribution in [3.8, 4) is 0 Å². The molecule has 138 valence electrons. The van der Waals surface area contributed by atoms with E-state index >= 15 is 0 Å². The van der Waals surface area contributed by atoms with Crippen LogP contribution in [-0.4, -0.2) is 37.0 Å². The summed E-state index contributed by atoms with van der Waals surface area (Å²) < 4.78 is 22.8. The Hall–Kier alpha value is -1.97. The first-order valence-electron chi connectivity index (χ1n) is 7.92.